The molecule has 0 heterocycles. The van der Waals surface area contributed by atoms with Crippen LogP contribution in [0.4, 0.5) is 0 Å². The van der Waals surface area contributed by atoms with Gasteiger partial charge in [-0.3, -0.25) is 4.79 Å². The van der Waals surface area contributed by atoms with E-state index in [4.69, 9.17) is 9.47 Å². The van der Waals surface area contributed by atoms with Crippen molar-refractivity contribution in [1.82, 2.24) is 0 Å². The van der Waals surface area contributed by atoms with Gasteiger partial charge in [-0.05, 0) is 61.8 Å². The molecule has 3 rings (SSSR count). The summed E-state index contributed by atoms with van der Waals surface area (Å²) in [6, 6.07) is 7.24. The van der Waals surface area contributed by atoms with Crippen molar-refractivity contribution in [2.24, 2.45) is 17.8 Å². The molecule has 2 aliphatic carbocycles. The lowest BCUT2D eigenvalue weighted by molar-refractivity contribution is -0.140. The summed E-state index contributed by atoms with van der Waals surface area (Å²) in [4.78, 5) is 12.4. The van der Waals surface area contributed by atoms with Crippen molar-refractivity contribution in [3.8, 4) is 11.5 Å². The molecule has 2 aliphatic rings. The number of hydrogen-bond donors (Lipinski definition) is 0. The van der Waals surface area contributed by atoms with E-state index in [1.54, 1.807) is 19.2 Å². The molecule has 0 saturated heterocycles. The van der Waals surface area contributed by atoms with E-state index in [1.807, 2.05) is 12.1 Å². The van der Waals surface area contributed by atoms with Crippen LogP contribution < -0.4 is 9.47 Å². The molecule has 0 bridgehead atoms. The third kappa shape index (κ3) is 4.27. The highest BCUT2D eigenvalue weighted by molar-refractivity contribution is 5.75. The number of ether oxygens (including phenoxy) is 2. The molecule has 0 amide bonds. The molecule has 1 aromatic rings. The Bertz CT molecular complexity index is 494. The second-order valence-corrected chi connectivity index (χ2v) is 7.11. The Morgan fingerprint density at radius 2 is 1.39 bits per heavy atom. The molecule has 0 aliphatic heterocycles. The predicted molar refractivity (Wildman–Crippen MR) is 90.7 cm³/mol. The summed E-state index contributed by atoms with van der Waals surface area (Å²) < 4.78 is 10.7. The van der Waals surface area contributed by atoms with Gasteiger partial charge < -0.3 is 9.47 Å². The summed E-state index contributed by atoms with van der Waals surface area (Å²) >= 11 is 0. The third-order valence-electron chi connectivity index (χ3n) is 5.70. The van der Waals surface area contributed by atoms with Crippen LogP contribution in [-0.2, 0) is 4.79 Å². The van der Waals surface area contributed by atoms with E-state index < -0.39 is 0 Å². The first-order valence-corrected chi connectivity index (χ1v) is 9.12. The summed E-state index contributed by atoms with van der Waals surface area (Å²) in [5, 5.41) is 0. The SMILES string of the molecule is COc1ccc(OC(=O)C2CCC(C3CCCCC3)CC2)cc1. The quantitative estimate of drug-likeness (QED) is 0.580. The molecule has 23 heavy (non-hydrogen) atoms. The standard InChI is InChI=1S/C20H28O3/c1-22-18-11-13-19(14-12-18)23-20(21)17-9-7-16(8-10-17)15-5-3-2-4-6-15/h11-17H,2-10H2,1H3. The maximum Gasteiger partial charge on any atom is 0.314 e. The van der Waals surface area contributed by atoms with Crippen LogP contribution in [0.3, 0.4) is 0 Å². The van der Waals surface area contributed by atoms with Gasteiger partial charge in [0.1, 0.15) is 11.5 Å². The second-order valence-electron chi connectivity index (χ2n) is 7.11. The van der Waals surface area contributed by atoms with Gasteiger partial charge >= 0.3 is 5.97 Å². The highest BCUT2D eigenvalue weighted by Crippen LogP contribution is 2.40. The van der Waals surface area contributed by atoms with Gasteiger partial charge in [0, 0.05) is 0 Å². The lowest BCUT2D eigenvalue weighted by atomic mass is 9.71. The fourth-order valence-electron chi connectivity index (χ4n) is 4.28. The molecule has 0 N–H and O–H groups in total. The van der Waals surface area contributed by atoms with E-state index >= 15 is 0 Å². The summed E-state index contributed by atoms with van der Waals surface area (Å²) in [5.74, 6) is 3.18. The molecular formula is C20H28O3. The number of methoxy groups -OCH3 is 1. The van der Waals surface area contributed by atoms with Crippen LogP contribution in [0.5, 0.6) is 11.5 Å². The second kappa shape index (κ2) is 7.85. The smallest absolute Gasteiger partial charge is 0.314 e. The Balaban J connectivity index is 1.47. The molecule has 0 aromatic heterocycles. The van der Waals surface area contributed by atoms with Gasteiger partial charge in [-0.2, -0.15) is 0 Å². The van der Waals surface area contributed by atoms with Crippen LogP contribution in [0.1, 0.15) is 57.8 Å². The molecule has 2 saturated carbocycles. The van der Waals surface area contributed by atoms with E-state index in [1.165, 1.54) is 44.9 Å². The number of hydrogen-bond acceptors (Lipinski definition) is 3. The average Bonchev–Trinajstić information content (AvgIpc) is 2.63. The highest BCUT2D eigenvalue weighted by atomic mass is 16.5. The van der Waals surface area contributed by atoms with Crippen LogP contribution in [0, 0.1) is 17.8 Å². The average molecular weight is 316 g/mol. The van der Waals surface area contributed by atoms with E-state index in [2.05, 4.69) is 0 Å². The van der Waals surface area contributed by atoms with Crippen molar-refractivity contribution in [1.29, 1.82) is 0 Å². The summed E-state index contributed by atoms with van der Waals surface area (Å²) in [6.45, 7) is 0. The van der Waals surface area contributed by atoms with Crippen LogP contribution in [0.25, 0.3) is 0 Å². The van der Waals surface area contributed by atoms with E-state index in [-0.39, 0.29) is 11.9 Å². The van der Waals surface area contributed by atoms with Gasteiger partial charge in [-0.25, -0.2) is 0 Å². The Hall–Kier alpha value is -1.51. The first-order chi connectivity index (χ1) is 11.3. The maximum absolute atomic E-state index is 12.4. The van der Waals surface area contributed by atoms with Crippen molar-refractivity contribution in [3.63, 3.8) is 0 Å². The zero-order valence-electron chi connectivity index (χ0n) is 14.1. The minimum absolute atomic E-state index is 0.0581. The molecule has 126 valence electrons. The first-order valence-electron chi connectivity index (χ1n) is 9.12. The Morgan fingerprint density at radius 3 is 2.00 bits per heavy atom. The van der Waals surface area contributed by atoms with Gasteiger partial charge in [0.25, 0.3) is 0 Å². The largest absolute Gasteiger partial charge is 0.497 e. The molecule has 3 nitrogen and oxygen atoms in total. The van der Waals surface area contributed by atoms with Crippen molar-refractivity contribution < 1.29 is 14.3 Å². The molecule has 2 fully saturated rings. The summed E-state index contributed by atoms with van der Waals surface area (Å²) in [6.07, 6.45) is 11.4. The molecular weight excluding hydrogens is 288 g/mol. The van der Waals surface area contributed by atoms with Crippen LogP contribution in [0.15, 0.2) is 24.3 Å². The van der Waals surface area contributed by atoms with Crippen LogP contribution in [-0.4, -0.2) is 13.1 Å². The van der Waals surface area contributed by atoms with Crippen molar-refractivity contribution in [2.75, 3.05) is 7.11 Å². The van der Waals surface area contributed by atoms with Gasteiger partial charge in [0.2, 0.25) is 0 Å². The molecule has 0 spiro atoms. The van der Waals surface area contributed by atoms with Gasteiger partial charge in [-0.1, -0.05) is 32.1 Å². The number of carbonyl (C=O) groups is 1. The molecule has 3 heteroatoms. The normalized spacial score (nSPS) is 25.8. The Morgan fingerprint density at radius 1 is 0.826 bits per heavy atom. The lowest BCUT2D eigenvalue weighted by Crippen LogP contribution is -2.29. The number of benzene rings is 1. The lowest BCUT2D eigenvalue weighted by Gasteiger charge is -2.35. The van der Waals surface area contributed by atoms with Crippen LogP contribution >= 0.6 is 0 Å². The fraction of sp³-hybridized carbons (Fsp3) is 0.650. The van der Waals surface area contributed by atoms with Crippen molar-refractivity contribution >= 4 is 5.97 Å². The minimum atomic E-state index is -0.0581. The van der Waals surface area contributed by atoms with Crippen molar-refractivity contribution in [3.05, 3.63) is 24.3 Å². The van der Waals surface area contributed by atoms with Crippen molar-refractivity contribution in [2.45, 2.75) is 57.8 Å². The first kappa shape index (κ1) is 16.4. The number of esters is 1. The molecule has 0 atom stereocenters. The summed E-state index contributed by atoms with van der Waals surface area (Å²) in [7, 11) is 1.63. The minimum Gasteiger partial charge on any atom is -0.497 e. The highest BCUT2D eigenvalue weighted by Gasteiger charge is 2.32. The molecule has 1 aromatic carbocycles. The Labute approximate surface area is 139 Å². The molecule has 0 unspecified atom stereocenters. The Kier molecular flexibility index (Phi) is 5.58. The predicted octanol–water partition coefficient (Wildman–Crippen LogP) is 4.99. The molecule has 0 radical (unpaired) electrons. The van der Waals surface area contributed by atoms with Gasteiger partial charge in [-0.15, -0.1) is 0 Å². The monoisotopic (exact) mass is 316 g/mol. The fourth-order valence-corrected chi connectivity index (χ4v) is 4.28. The zero-order valence-corrected chi connectivity index (χ0v) is 14.1. The topological polar surface area (TPSA) is 35.5 Å². The number of carbonyl (C=O) groups excluding carboxylic acids is 1. The van der Waals surface area contributed by atoms with Gasteiger partial charge in [0.15, 0.2) is 0 Å². The third-order valence-corrected chi connectivity index (χ3v) is 5.70. The summed E-state index contributed by atoms with van der Waals surface area (Å²) in [5.41, 5.74) is 0. The van der Waals surface area contributed by atoms with E-state index in [9.17, 15) is 4.79 Å². The van der Waals surface area contributed by atoms with Gasteiger partial charge in [0.05, 0.1) is 13.0 Å². The zero-order chi connectivity index (χ0) is 16.1. The van der Waals surface area contributed by atoms with E-state index in [0.717, 1.165) is 30.4 Å². The number of rotatable bonds is 4. The van der Waals surface area contributed by atoms with E-state index in [0.29, 0.717) is 5.75 Å². The van der Waals surface area contributed by atoms with Crippen LogP contribution in [0.2, 0.25) is 0 Å². The maximum atomic E-state index is 12.4.